The second-order valence-corrected chi connectivity index (χ2v) is 5.66. The SMILES string of the molecule is CC(=O)C(C)(C)OC1=CCC(C2=CCCC=C2)C=C1. The summed E-state index contributed by atoms with van der Waals surface area (Å²) in [6, 6.07) is 0. The van der Waals surface area contributed by atoms with Crippen LogP contribution in [0.2, 0.25) is 0 Å². The van der Waals surface area contributed by atoms with Crippen molar-refractivity contribution in [2.24, 2.45) is 5.92 Å². The minimum absolute atomic E-state index is 0.0434. The Kier molecular flexibility index (Phi) is 4.08. The van der Waals surface area contributed by atoms with E-state index in [0.717, 1.165) is 25.0 Å². The first-order chi connectivity index (χ1) is 8.99. The van der Waals surface area contributed by atoms with Crippen LogP contribution >= 0.6 is 0 Å². The fourth-order valence-corrected chi connectivity index (χ4v) is 2.20. The van der Waals surface area contributed by atoms with Crippen LogP contribution in [0.5, 0.6) is 0 Å². The zero-order valence-corrected chi connectivity index (χ0v) is 12.0. The Balaban J connectivity index is 1.98. The van der Waals surface area contributed by atoms with Crippen LogP contribution in [0.15, 0.2) is 47.8 Å². The maximum Gasteiger partial charge on any atom is 0.172 e. The van der Waals surface area contributed by atoms with Crippen molar-refractivity contribution >= 4 is 5.78 Å². The highest BCUT2D eigenvalue weighted by Gasteiger charge is 2.26. The number of Topliss-reactive ketones (excluding diaryl/α,β-unsaturated/α-hetero) is 1. The summed E-state index contributed by atoms with van der Waals surface area (Å²) in [5, 5.41) is 0. The van der Waals surface area contributed by atoms with E-state index in [2.05, 4.69) is 30.4 Å². The molecule has 0 aromatic carbocycles. The van der Waals surface area contributed by atoms with Gasteiger partial charge in [-0.2, -0.15) is 0 Å². The van der Waals surface area contributed by atoms with Crippen LogP contribution in [0.25, 0.3) is 0 Å². The predicted molar refractivity (Wildman–Crippen MR) is 77.6 cm³/mol. The molecule has 2 aliphatic rings. The molecule has 19 heavy (non-hydrogen) atoms. The topological polar surface area (TPSA) is 26.3 Å². The largest absolute Gasteiger partial charge is 0.480 e. The smallest absolute Gasteiger partial charge is 0.172 e. The minimum Gasteiger partial charge on any atom is -0.480 e. The molecular formula is C17H22O2. The van der Waals surface area contributed by atoms with Crippen molar-refractivity contribution in [3.8, 4) is 0 Å². The van der Waals surface area contributed by atoms with Crippen LogP contribution in [0.4, 0.5) is 0 Å². The van der Waals surface area contributed by atoms with Crippen LogP contribution in [0.1, 0.15) is 40.0 Å². The van der Waals surface area contributed by atoms with Crippen LogP contribution < -0.4 is 0 Å². The molecular weight excluding hydrogens is 236 g/mol. The third-order valence-corrected chi connectivity index (χ3v) is 3.74. The van der Waals surface area contributed by atoms with Crippen LogP contribution in [0, 0.1) is 5.92 Å². The molecule has 0 fully saturated rings. The fraction of sp³-hybridized carbons (Fsp3) is 0.471. The maximum absolute atomic E-state index is 11.5. The molecule has 0 aromatic heterocycles. The van der Waals surface area contributed by atoms with Gasteiger partial charge in [0.25, 0.3) is 0 Å². The average molecular weight is 258 g/mol. The molecule has 2 rings (SSSR count). The monoisotopic (exact) mass is 258 g/mol. The van der Waals surface area contributed by atoms with Crippen molar-refractivity contribution in [3.63, 3.8) is 0 Å². The molecule has 102 valence electrons. The Morgan fingerprint density at radius 3 is 2.58 bits per heavy atom. The number of carbonyl (C=O) groups excluding carboxylic acids is 1. The van der Waals surface area contributed by atoms with E-state index in [4.69, 9.17) is 4.74 Å². The van der Waals surface area contributed by atoms with E-state index in [1.165, 1.54) is 5.57 Å². The number of rotatable bonds is 4. The zero-order valence-electron chi connectivity index (χ0n) is 12.0. The predicted octanol–water partition coefficient (Wildman–Crippen LogP) is 4.11. The van der Waals surface area contributed by atoms with Crippen LogP contribution in [-0.4, -0.2) is 11.4 Å². The summed E-state index contributed by atoms with van der Waals surface area (Å²) in [4.78, 5) is 11.5. The number of ketones is 1. The minimum atomic E-state index is -0.743. The van der Waals surface area contributed by atoms with Crippen molar-refractivity contribution in [1.29, 1.82) is 0 Å². The number of ether oxygens (including phenoxy) is 1. The molecule has 2 heteroatoms. The van der Waals surface area contributed by atoms with Gasteiger partial charge in [0.15, 0.2) is 11.4 Å². The first kappa shape index (κ1) is 13.9. The summed E-state index contributed by atoms with van der Waals surface area (Å²) in [6.45, 7) is 5.18. The summed E-state index contributed by atoms with van der Waals surface area (Å²) >= 11 is 0. The van der Waals surface area contributed by atoms with Crippen molar-refractivity contribution in [2.75, 3.05) is 0 Å². The molecule has 0 heterocycles. The maximum atomic E-state index is 11.5. The summed E-state index contributed by atoms with van der Waals surface area (Å²) in [5.74, 6) is 1.29. The normalized spacial score (nSPS) is 22.8. The summed E-state index contributed by atoms with van der Waals surface area (Å²) < 4.78 is 5.76. The van der Waals surface area contributed by atoms with E-state index in [1.807, 2.05) is 19.9 Å². The van der Waals surface area contributed by atoms with E-state index in [0.29, 0.717) is 5.92 Å². The Morgan fingerprint density at radius 2 is 2.05 bits per heavy atom. The first-order valence-corrected chi connectivity index (χ1v) is 6.94. The molecule has 0 aromatic rings. The first-order valence-electron chi connectivity index (χ1n) is 6.94. The van der Waals surface area contributed by atoms with E-state index < -0.39 is 5.60 Å². The van der Waals surface area contributed by atoms with Gasteiger partial charge in [-0.15, -0.1) is 0 Å². The van der Waals surface area contributed by atoms with Gasteiger partial charge >= 0.3 is 0 Å². The lowest BCUT2D eigenvalue weighted by molar-refractivity contribution is -0.133. The number of allylic oxidation sites excluding steroid dienone is 7. The lowest BCUT2D eigenvalue weighted by atomic mass is 9.88. The van der Waals surface area contributed by atoms with Crippen molar-refractivity contribution in [2.45, 2.75) is 45.6 Å². The molecule has 0 bridgehead atoms. The van der Waals surface area contributed by atoms with Gasteiger partial charge in [0.1, 0.15) is 5.76 Å². The molecule has 0 saturated heterocycles. The molecule has 0 radical (unpaired) electrons. The van der Waals surface area contributed by atoms with Gasteiger partial charge < -0.3 is 4.74 Å². The molecule has 2 aliphatic carbocycles. The van der Waals surface area contributed by atoms with E-state index in [9.17, 15) is 4.79 Å². The van der Waals surface area contributed by atoms with Crippen molar-refractivity contribution < 1.29 is 9.53 Å². The van der Waals surface area contributed by atoms with E-state index >= 15 is 0 Å². The molecule has 2 nitrogen and oxygen atoms in total. The number of hydrogen-bond donors (Lipinski definition) is 0. The molecule has 0 saturated carbocycles. The summed E-state index contributed by atoms with van der Waals surface area (Å²) in [5.41, 5.74) is 0.649. The average Bonchev–Trinajstić information content (AvgIpc) is 2.40. The second kappa shape index (κ2) is 5.60. The standard InChI is InChI=1S/C17H22O2/c1-13(18)17(2,3)19-16-11-9-15(10-12-16)14-7-5-4-6-8-14/h5,7-9,11-12,15H,4,6,10H2,1-3H3. The molecule has 1 atom stereocenters. The van der Waals surface area contributed by atoms with Crippen LogP contribution in [-0.2, 0) is 9.53 Å². The van der Waals surface area contributed by atoms with Gasteiger partial charge in [0.05, 0.1) is 0 Å². The van der Waals surface area contributed by atoms with Crippen LogP contribution in [0.3, 0.4) is 0 Å². The zero-order chi connectivity index (χ0) is 13.9. The van der Waals surface area contributed by atoms with Gasteiger partial charge in [-0.05, 0) is 57.8 Å². The summed E-state index contributed by atoms with van der Waals surface area (Å²) in [6.07, 6.45) is 16.2. The van der Waals surface area contributed by atoms with Gasteiger partial charge in [-0.25, -0.2) is 0 Å². The van der Waals surface area contributed by atoms with Gasteiger partial charge in [0, 0.05) is 5.92 Å². The molecule has 0 aliphatic heterocycles. The number of carbonyl (C=O) groups is 1. The number of hydrogen-bond acceptors (Lipinski definition) is 2. The van der Waals surface area contributed by atoms with Crippen molar-refractivity contribution in [3.05, 3.63) is 47.8 Å². The van der Waals surface area contributed by atoms with E-state index in [1.54, 1.807) is 6.92 Å². The van der Waals surface area contributed by atoms with Gasteiger partial charge in [-0.3, -0.25) is 4.79 Å². The lowest BCUT2D eigenvalue weighted by Crippen LogP contribution is -2.32. The molecule has 1 unspecified atom stereocenters. The Hall–Kier alpha value is -1.57. The molecule has 0 N–H and O–H groups in total. The third-order valence-electron chi connectivity index (χ3n) is 3.74. The molecule has 0 spiro atoms. The highest BCUT2D eigenvalue weighted by Crippen LogP contribution is 2.29. The Labute approximate surface area is 115 Å². The Morgan fingerprint density at radius 1 is 1.26 bits per heavy atom. The molecule has 0 amide bonds. The second-order valence-electron chi connectivity index (χ2n) is 5.66. The van der Waals surface area contributed by atoms with Gasteiger partial charge in [-0.1, -0.05) is 24.3 Å². The van der Waals surface area contributed by atoms with E-state index in [-0.39, 0.29) is 5.78 Å². The lowest BCUT2D eigenvalue weighted by Gasteiger charge is -2.26. The highest BCUT2D eigenvalue weighted by atomic mass is 16.5. The third kappa shape index (κ3) is 3.46. The highest BCUT2D eigenvalue weighted by molar-refractivity contribution is 5.84. The van der Waals surface area contributed by atoms with Gasteiger partial charge in [0.2, 0.25) is 0 Å². The fourth-order valence-electron chi connectivity index (χ4n) is 2.20. The quantitative estimate of drug-likeness (QED) is 0.758. The summed E-state index contributed by atoms with van der Waals surface area (Å²) in [7, 11) is 0. The Bertz CT molecular complexity index is 475. The van der Waals surface area contributed by atoms with Crippen molar-refractivity contribution in [1.82, 2.24) is 0 Å².